The monoisotopic (exact) mass is 297 g/mol. The fourth-order valence-electron chi connectivity index (χ4n) is 1.64. The minimum absolute atomic E-state index is 0.0874. The maximum atomic E-state index is 11.9. The lowest BCUT2D eigenvalue weighted by atomic mass is 10.1. The van der Waals surface area contributed by atoms with E-state index in [2.05, 4.69) is 9.72 Å². The number of carbonyl (C=O) groups excluding carboxylic acids is 1. The van der Waals surface area contributed by atoms with E-state index in [1.807, 2.05) is 0 Å². The van der Waals surface area contributed by atoms with Crippen molar-refractivity contribution < 1.29 is 9.53 Å². The molecule has 4 nitrogen and oxygen atoms in total. The minimum atomic E-state index is -0.604. The van der Waals surface area contributed by atoms with Gasteiger partial charge in [-0.3, -0.25) is 4.79 Å². The second-order valence-corrected chi connectivity index (χ2v) is 4.64. The number of aromatic amines is 1. The van der Waals surface area contributed by atoms with Crippen LogP contribution >= 0.6 is 23.2 Å². The molecule has 0 saturated carbocycles. The van der Waals surface area contributed by atoms with Crippen molar-refractivity contribution in [3.05, 3.63) is 56.4 Å². The van der Waals surface area contributed by atoms with Crippen molar-refractivity contribution in [2.24, 2.45) is 0 Å². The average molecular weight is 298 g/mol. The highest BCUT2D eigenvalue weighted by atomic mass is 35.5. The van der Waals surface area contributed by atoms with Crippen LogP contribution in [0, 0.1) is 0 Å². The quantitative estimate of drug-likeness (QED) is 0.866. The molecule has 0 aliphatic heterocycles. The predicted octanol–water partition coefficient (Wildman–Crippen LogP) is 3.14. The minimum Gasteiger partial charge on any atom is -0.464 e. The molecule has 0 fully saturated rings. The highest BCUT2D eigenvalue weighted by Crippen LogP contribution is 2.25. The van der Waals surface area contributed by atoms with Gasteiger partial charge in [-0.15, -0.1) is 0 Å². The number of aromatic nitrogens is 1. The van der Waals surface area contributed by atoms with Gasteiger partial charge in [-0.1, -0.05) is 23.2 Å². The number of H-pyrrole nitrogens is 1. The molecular formula is C13H9Cl2NO3. The zero-order chi connectivity index (χ0) is 14.0. The normalized spacial score (nSPS) is 10.3. The van der Waals surface area contributed by atoms with E-state index in [4.69, 9.17) is 23.2 Å². The van der Waals surface area contributed by atoms with Crippen molar-refractivity contribution in [1.82, 2.24) is 4.98 Å². The Kier molecular flexibility index (Phi) is 3.93. The number of esters is 1. The van der Waals surface area contributed by atoms with E-state index in [1.165, 1.54) is 19.2 Å². The zero-order valence-corrected chi connectivity index (χ0v) is 11.4. The van der Waals surface area contributed by atoms with Crippen LogP contribution in [-0.2, 0) is 4.74 Å². The van der Waals surface area contributed by atoms with Crippen LogP contribution in [0.1, 0.15) is 10.5 Å². The van der Waals surface area contributed by atoms with Crippen molar-refractivity contribution in [2.75, 3.05) is 7.11 Å². The van der Waals surface area contributed by atoms with E-state index in [1.54, 1.807) is 18.2 Å². The molecule has 19 heavy (non-hydrogen) atoms. The largest absolute Gasteiger partial charge is 0.464 e. The van der Waals surface area contributed by atoms with Gasteiger partial charge >= 0.3 is 5.97 Å². The number of ether oxygens (including phenoxy) is 1. The van der Waals surface area contributed by atoms with Gasteiger partial charge in [0.05, 0.1) is 7.11 Å². The summed E-state index contributed by atoms with van der Waals surface area (Å²) in [5.74, 6) is -0.604. The van der Waals surface area contributed by atoms with Crippen molar-refractivity contribution in [1.29, 1.82) is 0 Å². The van der Waals surface area contributed by atoms with E-state index < -0.39 is 11.5 Å². The molecular weight excluding hydrogens is 289 g/mol. The van der Waals surface area contributed by atoms with Gasteiger partial charge < -0.3 is 9.72 Å². The Morgan fingerprint density at radius 3 is 2.32 bits per heavy atom. The molecule has 0 aliphatic carbocycles. The molecule has 1 heterocycles. The number of pyridine rings is 1. The lowest BCUT2D eigenvalue weighted by molar-refractivity contribution is 0.0594. The molecule has 0 spiro atoms. The molecule has 1 N–H and O–H groups in total. The van der Waals surface area contributed by atoms with E-state index >= 15 is 0 Å². The lowest BCUT2D eigenvalue weighted by Crippen LogP contribution is -2.15. The first kappa shape index (κ1) is 13.6. The Morgan fingerprint density at radius 2 is 1.79 bits per heavy atom. The Morgan fingerprint density at radius 1 is 1.16 bits per heavy atom. The molecule has 98 valence electrons. The van der Waals surface area contributed by atoms with Crippen molar-refractivity contribution in [3.8, 4) is 11.1 Å². The van der Waals surface area contributed by atoms with Crippen LogP contribution in [-0.4, -0.2) is 18.1 Å². The second-order valence-electron chi connectivity index (χ2n) is 3.76. The lowest BCUT2D eigenvalue weighted by Gasteiger charge is -2.04. The summed E-state index contributed by atoms with van der Waals surface area (Å²) in [6, 6.07) is 7.81. The Balaban J connectivity index is 2.52. The third kappa shape index (κ3) is 2.97. The molecule has 1 aromatic carbocycles. The molecule has 6 heteroatoms. The Labute approximate surface area is 118 Å². The fourth-order valence-corrected chi connectivity index (χ4v) is 2.17. The summed E-state index contributed by atoms with van der Waals surface area (Å²) in [6.07, 6.45) is 0. The Bertz CT molecular complexity index is 674. The van der Waals surface area contributed by atoms with Gasteiger partial charge in [0.1, 0.15) is 5.69 Å². The number of nitrogens with one attached hydrogen (secondary N) is 1. The SMILES string of the molecule is COC(=O)c1ccc(-c2cc(Cl)cc(Cl)c2)c(=O)[nH]1. The van der Waals surface area contributed by atoms with Crippen LogP contribution in [0.4, 0.5) is 0 Å². The summed E-state index contributed by atoms with van der Waals surface area (Å²) in [4.78, 5) is 25.7. The number of hydrogen-bond acceptors (Lipinski definition) is 3. The summed E-state index contributed by atoms with van der Waals surface area (Å²) < 4.78 is 4.52. The maximum Gasteiger partial charge on any atom is 0.354 e. The number of halogens is 2. The van der Waals surface area contributed by atoms with Gasteiger partial charge in [0.15, 0.2) is 0 Å². The molecule has 0 aliphatic rings. The summed E-state index contributed by atoms with van der Waals surface area (Å²) in [6.45, 7) is 0. The molecule has 2 rings (SSSR count). The van der Waals surface area contributed by atoms with E-state index in [0.717, 1.165) is 0 Å². The number of methoxy groups -OCH3 is 1. The van der Waals surface area contributed by atoms with Crippen LogP contribution in [0.2, 0.25) is 10.0 Å². The van der Waals surface area contributed by atoms with Crippen LogP contribution in [0.5, 0.6) is 0 Å². The van der Waals surface area contributed by atoms with Crippen LogP contribution in [0.25, 0.3) is 11.1 Å². The zero-order valence-electron chi connectivity index (χ0n) is 9.87. The van der Waals surface area contributed by atoms with Gasteiger partial charge in [0, 0.05) is 15.6 Å². The summed E-state index contributed by atoms with van der Waals surface area (Å²) >= 11 is 11.8. The van der Waals surface area contributed by atoms with Crippen LogP contribution in [0.15, 0.2) is 35.1 Å². The first-order chi connectivity index (χ1) is 9.01. The average Bonchev–Trinajstić information content (AvgIpc) is 2.36. The van der Waals surface area contributed by atoms with Gasteiger partial charge in [0.25, 0.3) is 5.56 Å². The number of rotatable bonds is 2. The smallest absolute Gasteiger partial charge is 0.354 e. The number of hydrogen-bond donors (Lipinski definition) is 1. The fraction of sp³-hybridized carbons (Fsp3) is 0.0769. The van der Waals surface area contributed by atoms with Gasteiger partial charge in [-0.05, 0) is 35.9 Å². The maximum absolute atomic E-state index is 11.9. The molecule has 1 aromatic heterocycles. The summed E-state index contributed by atoms with van der Waals surface area (Å²) in [5.41, 5.74) is 0.623. The van der Waals surface area contributed by atoms with Crippen molar-refractivity contribution >= 4 is 29.2 Å². The van der Waals surface area contributed by atoms with Crippen LogP contribution in [0.3, 0.4) is 0 Å². The topological polar surface area (TPSA) is 59.2 Å². The highest BCUT2D eigenvalue weighted by molar-refractivity contribution is 6.35. The van der Waals surface area contributed by atoms with Crippen LogP contribution < -0.4 is 5.56 Å². The second kappa shape index (κ2) is 5.47. The van der Waals surface area contributed by atoms with Crippen molar-refractivity contribution in [3.63, 3.8) is 0 Å². The van der Waals surface area contributed by atoms with E-state index in [0.29, 0.717) is 21.2 Å². The number of carbonyl (C=O) groups is 1. The third-order valence-corrected chi connectivity index (χ3v) is 2.92. The van der Waals surface area contributed by atoms with Gasteiger partial charge in [0.2, 0.25) is 0 Å². The molecule has 0 radical (unpaired) electrons. The molecule has 0 unspecified atom stereocenters. The van der Waals surface area contributed by atoms with E-state index in [9.17, 15) is 9.59 Å². The molecule has 0 bridgehead atoms. The van der Waals surface area contributed by atoms with Gasteiger partial charge in [-0.25, -0.2) is 4.79 Å². The molecule has 0 atom stereocenters. The van der Waals surface area contributed by atoms with E-state index in [-0.39, 0.29) is 5.69 Å². The van der Waals surface area contributed by atoms with Gasteiger partial charge in [-0.2, -0.15) is 0 Å². The highest BCUT2D eigenvalue weighted by Gasteiger charge is 2.10. The Hall–Kier alpha value is -1.78. The standard InChI is InChI=1S/C13H9Cl2NO3/c1-19-13(18)11-3-2-10(12(17)16-11)7-4-8(14)6-9(15)5-7/h2-6H,1H3,(H,16,17). The van der Waals surface area contributed by atoms with Crippen molar-refractivity contribution in [2.45, 2.75) is 0 Å². The number of benzene rings is 1. The molecule has 0 amide bonds. The first-order valence-electron chi connectivity index (χ1n) is 5.29. The third-order valence-electron chi connectivity index (χ3n) is 2.49. The summed E-state index contributed by atoms with van der Waals surface area (Å²) in [5, 5.41) is 0.859. The predicted molar refractivity (Wildman–Crippen MR) is 73.9 cm³/mol. The summed E-state index contributed by atoms with van der Waals surface area (Å²) in [7, 11) is 1.24. The first-order valence-corrected chi connectivity index (χ1v) is 6.05. The molecule has 0 saturated heterocycles. The molecule has 2 aromatic rings.